The molecule has 0 aliphatic rings. The zero-order chi connectivity index (χ0) is 13.8. The molecular weight excluding hydrogens is 267 g/mol. The second-order valence-electron chi connectivity index (χ2n) is 3.36. The summed E-state index contributed by atoms with van der Waals surface area (Å²) in [5, 5.41) is 10.6. The summed E-state index contributed by atoms with van der Waals surface area (Å²) in [6.07, 6.45) is 1.61. The van der Waals surface area contributed by atoms with Gasteiger partial charge in [0.05, 0.1) is 4.92 Å². The van der Waals surface area contributed by atoms with Crippen LogP contribution in [-0.4, -0.2) is 10.4 Å². The molecule has 0 saturated carbocycles. The molecular formula is C11H10F3NO2S. The third-order valence-corrected chi connectivity index (χ3v) is 2.78. The van der Waals surface area contributed by atoms with E-state index in [1.807, 2.05) is 0 Å². The molecule has 0 aliphatic heterocycles. The van der Waals surface area contributed by atoms with Crippen LogP contribution >= 0.6 is 11.8 Å². The first-order valence-electron chi connectivity index (χ1n) is 5.02. The van der Waals surface area contributed by atoms with Gasteiger partial charge in [-0.2, -0.15) is 13.2 Å². The molecule has 0 aliphatic carbocycles. The summed E-state index contributed by atoms with van der Waals surface area (Å²) < 4.78 is 36.2. The maximum atomic E-state index is 12.1. The van der Waals surface area contributed by atoms with E-state index in [-0.39, 0.29) is 28.8 Å². The number of alkyl halides is 3. The Morgan fingerprint density at radius 2 is 1.94 bits per heavy atom. The Kier molecular flexibility index (Phi) is 4.77. The summed E-state index contributed by atoms with van der Waals surface area (Å²) in [6.45, 7) is 1.64. The Balaban J connectivity index is 2.86. The van der Waals surface area contributed by atoms with Crippen molar-refractivity contribution in [2.45, 2.75) is 23.7 Å². The molecule has 98 valence electrons. The lowest BCUT2D eigenvalue weighted by Crippen LogP contribution is -1.99. The van der Waals surface area contributed by atoms with E-state index >= 15 is 0 Å². The topological polar surface area (TPSA) is 43.1 Å². The van der Waals surface area contributed by atoms with Gasteiger partial charge in [0.15, 0.2) is 0 Å². The molecule has 0 amide bonds. The van der Waals surface area contributed by atoms with Crippen molar-refractivity contribution < 1.29 is 18.1 Å². The van der Waals surface area contributed by atoms with Crippen LogP contribution in [0, 0.1) is 10.1 Å². The van der Waals surface area contributed by atoms with Gasteiger partial charge in [-0.05, 0) is 29.5 Å². The van der Waals surface area contributed by atoms with Crippen molar-refractivity contribution in [1.82, 2.24) is 0 Å². The van der Waals surface area contributed by atoms with E-state index < -0.39 is 10.4 Å². The van der Waals surface area contributed by atoms with E-state index in [1.54, 1.807) is 6.92 Å². The van der Waals surface area contributed by atoms with Gasteiger partial charge in [0.1, 0.15) is 0 Å². The van der Waals surface area contributed by atoms with Gasteiger partial charge in [0.25, 0.3) is 0 Å². The minimum Gasteiger partial charge on any atom is -0.259 e. The van der Waals surface area contributed by atoms with E-state index in [9.17, 15) is 23.3 Å². The summed E-state index contributed by atoms with van der Waals surface area (Å²) in [5.41, 5.74) is -3.80. The van der Waals surface area contributed by atoms with Crippen molar-refractivity contribution in [2.75, 3.05) is 0 Å². The van der Waals surface area contributed by atoms with Gasteiger partial charge in [0, 0.05) is 17.4 Å². The number of allylic oxidation sites excluding steroid dienone is 1. The number of rotatable bonds is 4. The van der Waals surface area contributed by atoms with E-state index in [0.29, 0.717) is 5.56 Å². The first-order valence-corrected chi connectivity index (χ1v) is 5.84. The van der Waals surface area contributed by atoms with Gasteiger partial charge in [-0.15, -0.1) is 0 Å². The quantitative estimate of drug-likeness (QED) is 0.467. The summed E-state index contributed by atoms with van der Waals surface area (Å²) in [5.74, 6) is 0. The van der Waals surface area contributed by atoms with Crippen LogP contribution in [0.25, 0.3) is 6.08 Å². The van der Waals surface area contributed by atoms with E-state index in [4.69, 9.17) is 0 Å². The summed E-state index contributed by atoms with van der Waals surface area (Å²) in [6, 6.07) is 5.43. The Hall–Kier alpha value is -1.50. The molecule has 18 heavy (non-hydrogen) atoms. The summed E-state index contributed by atoms with van der Waals surface area (Å²) in [4.78, 5) is 10.1. The molecule has 0 saturated heterocycles. The average Bonchev–Trinajstić information content (AvgIpc) is 2.25. The highest BCUT2D eigenvalue weighted by Crippen LogP contribution is 2.36. The fourth-order valence-corrected chi connectivity index (χ4v) is 1.78. The smallest absolute Gasteiger partial charge is 0.259 e. The van der Waals surface area contributed by atoms with Crippen molar-refractivity contribution in [3.8, 4) is 0 Å². The minimum atomic E-state index is -4.33. The minimum absolute atomic E-state index is 0.0197. The SMILES string of the molecule is CCC(=Cc1ccc(SC(F)(F)F)cc1)[N+](=O)[O-]. The van der Waals surface area contributed by atoms with Crippen molar-refractivity contribution in [3.63, 3.8) is 0 Å². The molecule has 0 aromatic heterocycles. The Morgan fingerprint density at radius 3 is 2.33 bits per heavy atom. The zero-order valence-electron chi connectivity index (χ0n) is 9.40. The zero-order valence-corrected chi connectivity index (χ0v) is 10.2. The number of thioether (sulfide) groups is 1. The maximum Gasteiger partial charge on any atom is 0.446 e. The van der Waals surface area contributed by atoms with E-state index in [2.05, 4.69) is 0 Å². The molecule has 0 fully saturated rings. The van der Waals surface area contributed by atoms with Crippen molar-refractivity contribution in [2.24, 2.45) is 0 Å². The van der Waals surface area contributed by atoms with Crippen LogP contribution in [0.15, 0.2) is 34.9 Å². The highest BCUT2D eigenvalue weighted by Gasteiger charge is 2.28. The third kappa shape index (κ3) is 4.79. The van der Waals surface area contributed by atoms with Crippen LogP contribution in [0.4, 0.5) is 13.2 Å². The lowest BCUT2D eigenvalue weighted by atomic mass is 10.2. The van der Waals surface area contributed by atoms with Crippen LogP contribution < -0.4 is 0 Å². The van der Waals surface area contributed by atoms with Gasteiger partial charge in [0.2, 0.25) is 5.70 Å². The van der Waals surface area contributed by atoms with Gasteiger partial charge < -0.3 is 0 Å². The third-order valence-electron chi connectivity index (χ3n) is 2.04. The number of hydrogen-bond donors (Lipinski definition) is 0. The van der Waals surface area contributed by atoms with Crippen LogP contribution in [-0.2, 0) is 0 Å². The Labute approximate surface area is 106 Å². The molecule has 0 atom stereocenters. The second-order valence-corrected chi connectivity index (χ2v) is 4.50. The largest absolute Gasteiger partial charge is 0.446 e. The standard InChI is InChI=1S/C11H10F3NO2S/c1-2-9(15(16)17)7-8-3-5-10(6-4-8)18-11(12,13)14/h3-7H,2H2,1H3. The molecule has 1 rings (SSSR count). The molecule has 1 aromatic rings. The fraction of sp³-hybridized carbons (Fsp3) is 0.273. The molecule has 0 spiro atoms. The molecule has 0 N–H and O–H groups in total. The number of benzene rings is 1. The maximum absolute atomic E-state index is 12.1. The van der Waals surface area contributed by atoms with E-state index in [1.165, 1.54) is 30.3 Å². The molecule has 7 heteroatoms. The van der Waals surface area contributed by atoms with Gasteiger partial charge in [-0.3, -0.25) is 10.1 Å². The molecule has 0 unspecified atom stereocenters. The predicted octanol–water partition coefficient (Wildman–Crippen LogP) is 4.33. The normalized spacial score (nSPS) is 12.6. The highest BCUT2D eigenvalue weighted by atomic mass is 32.2. The molecule has 3 nitrogen and oxygen atoms in total. The summed E-state index contributed by atoms with van der Waals surface area (Å²) in [7, 11) is 0. The van der Waals surface area contributed by atoms with Gasteiger partial charge >= 0.3 is 5.51 Å². The monoisotopic (exact) mass is 277 g/mol. The lowest BCUT2D eigenvalue weighted by Gasteiger charge is -2.05. The van der Waals surface area contributed by atoms with Crippen molar-refractivity contribution in [3.05, 3.63) is 45.6 Å². The first kappa shape index (κ1) is 14.6. The summed E-state index contributed by atoms with van der Waals surface area (Å²) >= 11 is -0.214. The Morgan fingerprint density at radius 1 is 1.39 bits per heavy atom. The molecule has 0 radical (unpaired) electrons. The van der Waals surface area contributed by atoms with Crippen LogP contribution in [0.1, 0.15) is 18.9 Å². The van der Waals surface area contributed by atoms with Crippen molar-refractivity contribution in [1.29, 1.82) is 0 Å². The van der Waals surface area contributed by atoms with Crippen LogP contribution in [0.3, 0.4) is 0 Å². The number of hydrogen-bond acceptors (Lipinski definition) is 3. The highest BCUT2D eigenvalue weighted by molar-refractivity contribution is 8.00. The predicted molar refractivity (Wildman–Crippen MR) is 63.6 cm³/mol. The first-order chi connectivity index (χ1) is 8.31. The van der Waals surface area contributed by atoms with Crippen LogP contribution in [0.2, 0.25) is 0 Å². The number of nitro groups is 1. The molecule has 0 bridgehead atoms. The number of halogens is 3. The Bertz CT molecular complexity index is 454. The molecule has 1 aromatic carbocycles. The molecule has 0 heterocycles. The number of nitrogens with zero attached hydrogens (tertiary/aromatic N) is 1. The average molecular weight is 277 g/mol. The fourth-order valence-electron chi connectivity index (χ4n) is 1.24. The van der Waals surface area contributed by atoms with Gasteiger partial charge in [-0.25, -0.2) is 0 Å². The van der Waals surface area contributed by atoms with Crippen molar-refractivity contribution >= 4 is 17.8 Å². The van der Waals surface area contributed by atoms with Gasteiger partial charge in [-0.1, -0.05) is 19.1 Å². The van der Waals surface area contributed by atoms with E-state index in [0.717, 1.165) is 0 Å². The second kappa shape index (κ2) is 5.90. The lowest BCUT2D eigenvalue weighted by molar-refractivity contribution is -0.425. The van der Waals surface area contributed by atoms with Crippen LogP contribution in [0.5, 0.6) is 0 Å².